The number of rotatable bonds is 2. The van der Waals surface area contributed by atoms with Gasteiger partial charge in [0.25, 0.3) is 5.91 Å². The molecule has 0 aliphatic heterocycles. The molecule has 0 heterocycles. The highest BCUT2D eigenvalue weighted by Gasteiger charge is 2.22. The lowest BCUT2D eigenvalue weighted by Gasteiger charge is -2.29. The Labute approximate surface area is 116 Å². The van der Waals surface area contributed by atoms with Crippen LogP contribution in [0.5, 0.6) is 0 Å². The highest BCUT2D eigenvalue weighted by Crippen LogP contribution is 2.24. The van der Waals surface area contributed by atoms with Crippen molar-refractivity contribution in [3.8, 4) is 0 Å². The zero-order chi connectivity index (χ0) is 12.3. The van der Waals surface area contributed by atoms with Crippen molar-refractivity contribution in [2.24, 2.45) is 5.92 Å². The van der Waals surface area contributed by atoms with Gasteiger partial charge in [-0.25, -0.2) is 0 Å². The number of halogens is 1. The van der Waals surface area contributed by atoms with Crippen LogP contribution in [-0.4, -0.2) is 11.9 Å². The molecule has 1 amide bonds. The quantitative estimate of drug-likeness (QED) is 0.817. The van der Waals surface area contributed by atoms with Crippen LogP contribution in [0.4, 0.5) is 0 Å². The topological polar surface area (TPSA) is 29.1 Å². The number of carbonyl (C=O) groups excluding carboxylic acids is 1. The maximum atomic E-state index is 12.1. The van der Waals surface area contributed by atoms with Crippen molar-refractivity contribution < 1.29 is 4.79 Å². The van der Waals surface area contributed by atoms with Gasteiger partial charge in [0, 0.05) is 15.2 Å². The van der Waals surface area contributed by atoms with Gasteiger partial charge >= 0.3 is 0 Å². The van der Waals surface area contributed by atoms with E-state index in [-0.39, 0.29) is 5.91 Å². The van der Waals surface area contributed by atoms with E-state index in [0.29, 0.717) is 12.0 Å². The van der Waals surface area contributed by atoms with Crippen molar-refractivity contribution in [1.29, 1.82) is 0 Å². The number of hydrogen-bond acceptors (Lipinski definition) is 1. The third-order valence-corrected chi connectivity index (χ3v) is 4.25. The molecule has 0 radical (unpaired) electrons. The standard InChI is InChI=1S/C14H18INO/c1-10-4-2-3-5-13(10)16-14(17)11-6-8-12(15)9-7-11/h6-10,13H,2-5H2,1H3,(H,16,17)/t10-,13+/m1/s1. The summed E-state index contributed by atoms with van der Waals surface area (Å²) in [6.07, 6.45) is 4.90. The van der Waals surface area contributed by atoms with Crippen LogP contribution >= 0.6 is 22.6 Å². The number of benzene rings is 1. The van der Waals surface area contributed by atoms with Crippen molar-refractivity contribution in [1.82, 2.24) is 5.32 Å². The fourth-order valence-electron chi connectivity index (χ4n) is 2.38. The number of hydrogen-bond donors (Lipinski definition) is 1. The third kappa shape index (κ3) is 3.44. The van der Waals surface area contributed by atoms with Gasteiger partial charge in [-0.05, 0) is 65.6 Å². The van der Waals surface area contributed by atoms with Gasteiger partial charge in [-0.15, -0.1) is 0 Å². The Morgan fingerprint density at radius 1 is 1.24 bits per heavy atom. The summed E-state index contributed by atoms with van der Waals surface area (Å²) in [7, 11) is 0. The van der Waals surface area contributed by atoms with E-state index in [9.17, 15) is 4.79 Å². The molecule has 1 saturated carbocycles. The second kappa shape index (κ2) is 5.85. The van der Waals surface area contributed by atoms with E-state index in [0.717, 1.165) is 15.6 Å². The predicted molar refractivity (Wildman–Crippen MR) is 78.0 cm³/mol. The van der Waals surface area contributed by atoms with Gasteiger partial charge in [-0.2, -0.15) is 0 Å². The largest absolute Gasteiger partial charge is 0.349 e. The summed E-state index contributed by atoms with van der Waals surface area (Å²) in [5.41, 5.74) is 0.767. The second-order valence-corrected chi connectivity index (χ2v) is 6.09. The number of amides is 1. The van der Waals surface area contributed by atoms with Crippen LogP contribution in [-0.2, 0) is 0 Å². The highest BCUT2D eigenvalue weighted by molar-refractivity contribution is 14.1. The Kier molecular flexibility index (Phi) is 4.42. The Morgan fingerprint density at radius 3 is 2.53 bits per heavy atom. The van der Waals surface area contributed by atoms with Gasteiger partial charge in [0.15, 0.2) is 0 Å². The van der Waals surface area contributed by atoms with Gasteiger partial charge in [-0.3, -0.25) is 4.79 Å². The van der Waals surface area contributed by atoms with E-state index in [1.165, 1.54) is 19.3 Å². The molecule has 92 valence electrons. The van der Waals surface area contributed by atoms with Crippen LogP contribution in [0, 0.1) is 9.49 Å². The minimum absolute atomic E-state index is 0.0696. The zero-order valence-electron chi connectivity index (χ0n) is 10.1. The van der Waals surface area contributed by atoms with Crippen LogP contribution in [0.2, 0.25) is 0 Å². The van der Waals surface area contributed by atoms with Crippen molar-refractivity contribution >= 4 is 28.5 Å². The van der Waals surface area contributed by atoms with Gasteiger partial charge in [0.05, 0.1) is 0 Å². The predicted octanol–water partition coefficient (Wildman–Crippen LogP) is 3.60. The van der Waals surface area contributed by atoms with E-state index in [2.05, 4.69) is 34.8 Å². The van der Waals surface area contributed by atoms with Gasteiger partial charge in [0.2, 0.25) is 0 Å². The maximum Gasteiger partial charge on any atom is 0.251 e. The molecule has 3 heteroatoms. The van der Waals surface area contributed by atoms with Crippen LogP contribution in [0.3, 0.4) is 0 Å². The second-order valence-electron chi connectivity index (χ2n) is 4.85. The number of nitrogens with one attached hydrogen (secondary N) is 1. The number of carbonyl (C=O) groups is 1. The molecule has 1 aliphatic rings. The fourth-order valence-corrected chi connectivity index (χ4v) is 2.74. The van der Waals surface area contributed by atoms with E-state index >= 15 is 0 Å². The minimum atomic E-state index is 0.0696. The minimum Gasteiger partial charge on any atom is -0.349 e. The highest BCUT2D eigenvalue weighted by atomic mass is 127. The molecule has 2 rings (SSSR count). The third-order valence-electron chi connectivity index (χ3n) is 3.53. The van der Waals surface area contributed by atoms with Crippen LogP contribution in [0.1, 0.15) is 43.0 Å². The summed E-state index contributed by atoms with van der Waals surface area (Å²) in [5, 5.41) is 3.16. The molecule has 17 heavy (non-hydrogen) atoms. The lowest BCUT2D eigenvalue weighted by Crippen LogP contribution is -2.41. The summed E-state index contributed by atoms with van der Waals surface area (Å²) in [5.74, 6) is 0.677. The summed E-state index contributed by atoms with van der Waals surface area (Å²) >= 11 is 2.25. The molecule has 0 aromatic heterocycles. The molecule has 0 bridgehead atoms. The lowest BCUT2D eigenvalue weighted by molar-refractivity contribution is 0.0910. The fraction of sp³-hybridized carbons (Fsp3) is 0.500. The molecule has 1 N–H and O–H groups in total. The maximum absolute atomic E-state index is 12.1. The smallest absolute Gasteiger partial charge is 0.251 e. The SMILES string of the molecule is C[C@@H]1CCCC[C@@H]1NC(=O)c1ccc(I)cc1. The zero-order valence-corrected chi connectivity index (χ0v) is 12.2. The first-order valence-corrected chi connectivity index (χ1v) is 7.31. The monoisotopic (exact) mass is 343 g/mol. The first-order valence-electron chi connectivity index (χ1n) is 6.23. The summed E-state index contributed by atoms with van der Waals surface area (Å²) in [6.45, 7) is 2.23. The molecule has 1 fully saturated rings. The normalized spacial score (nSPS) is 24.4. The first-order chi connectivity index (χ1) is 8.16. The average Bonchev–Trinajstić information content (AvgIpc) is 2.33. The Bertz CT molecular complexity index is 388. The van der Waals surface area contributed by atoms with Crippen molar-refractivity contribution in [3.05, 3.63) is 33.4 Å². The van der Waals surface area contributed by atoms with Crippen LogP contribution in [0.15, 0.2) is 24.3 Å². The van der Waals surface area contributed by atoms with Crippen molar-refractivity contribution in [2.75, 3.05) is 0 Å². The molecular formula is C14H18INO. The van der Waals surface area contributed by atoms with E-state index < -0.39 is 0 Å². The van der Waals surface area contributed by atoms with Gasteiger partial charge in [0.1, 0.15) is 0 Å². The lowest BCUT2D eigenvalue weighted by atomic mass is 9.86. The summed E-state index contributed by atoms with van der Waals surface area (Å²) in [4.78, 5) is 12.1. The summed E-state index contributed by atoms with van der Waals surface area (Å²) < 4.78 is 1.16. The molecule has 1 aromatic carbocycles. The molecule has 1 aliphatic carbocycles. The van der Waals surface area contributed by atoms with E-state index in [1.807, 2.05) is 24.3 Å². The molecule has 2 nitrogen and oxygen atoms in total. The van der Waals surface area contributed by atoms with Gasteiger partial charge < -0.3 is 5.32 Å². The first kappa shape index (κ1) is 12.9. The molecule has 2 atom stereocenters. The molecule has 1 aromatic rings. The Hall–Kier alpha value is -0.580. The molecule has 0 saturated heterocycles. The molecular weight excluding hydrogens is 325 g/mol. The van der Waals surface area contributed by atoms with Gasteiger partial charge in [-0.1, -0.05) is 19.8 Å². The molecule has 0 unspecified atom stereocenters. The average molecular weight is 343 g/mol. The van der Waals surface area contributed by atoms with Crippen LogP contribution in [0.25, 0.3) is 0 Å². The van der Waals surface area contributed by atoms with Crippen molar-refractivity contribution in [2.45, 2.75) is 38.6 Å². The molecule has 0 spiro atoms. The Morgan fingerprint density at radius 2 is 1.88 bits per heavy atom. The van der Waals surface area contributed by atoms with E-state index in [1.54, 1.807) is 0 Å². The van der Waals surface area contributed by atoms with Crippen LogP contribution < -0.4 is 5.32 Å². The Balaban J connectivity index is 1.98. The van der Waals surface area contributed by atoms with E-state index in [4.69, 9.17) is 0 Å². The van der Waals surface area contributed by atoms with Crippen molar-refractivity contribution in [3.63, 3.8) is 0 Å². The summed E-state index contributed by atoms with van der Waals surface area (Å²) in [6, 6.07) is 8.09.